The minimum atomic E-state index is -0.903. The quantitative estimate of drug-likeness (QED) is 0.834. The molecule has 2 N–H and O–H groups in total. The number of benzene rings is 1. The zero-order valence-electron chi connectivity index (χ0n) is 11.1. The summed E-state index contributed by atoms with van der Waals surface area (Å²) < 4.78 is 27.0. The standard InChI is InChI=1S/C14H19F2NO2/c1-3-10(18)7-8-17-14(19)9(2)13-11(15)5-4-6-12(13)16/h4-6,9-10,18H,3,7-8H2,1-2H3,(H,17,19). The second kappa shape index (κ2) is 7.19. The number of hydrogen-bond acceptors (Lipinski definition) is 2. The topological polar surface area (TPSA) is 49.3 Å². The molecule has 0 saturated heterocycles. The van der Waals surface area contributed by atoms with Crippen LogP contribution >= 0.6 is 0 Å². The highest BCUT2D eigenvalue weighted by Gasteiger charge is 2.22. The van der Waals surface area contributed by atoms with Gasteiger partial charge in [-0.2, -0.15) is 0 Å². The normalized spacial score (nSPS) is 13.9. The van der Waals surface area contributed by atoms with Crippen molar-refractivity contribution >= 4 is 5.91 Å². The summed E-state index contributed by atoms with van der Waals surface area (Å²) >= 11 is 0. The molecule has 2 unspecified atom stereocenters. The Hall–Kier alpha value is -1.49. The Morgan fingerprint density at radius 2 is 1.95 bits per heavy atom. The zero-order valence-corrected chi connectivity index (χ0v) is 11.1. The Balaban J connectivity index is 2.62. The molecular weight excluding hydrogens is 252 g/mol. The van der Waals surface area contributed by atoms with E-state index in [9.17, 15) is 18.7 Å². The van der Waals surface area contributed by atoms with Crippen molar-refractivity contribution in [2.45, 2.75) is 38.7 Å². The molecule has 0 aromatic heterocycles. The van der Waals surface area contributed by atoms with E-state index in [0.717, 1.165) is 12.1 Å². The Morgan fingerprint density at radius 3 is 2.47 bits per heavy atom. The summed E-state index contributed by atoms with van der Waals surface area (Å²) in [6.45, 7) is 3.57. The van der Waals surface area contributed by atoms with Crippen LogP contribution < -0.4 is 5.32 Å². The van der Waals surface area contributed by atoms with Crippen LogP contribution in [-0.2, 0) is 4.79 Å². The lowest BCUT2D eigenvalue weighted by Crippen LogP contribution is -2.31. The van der Waals surface area contributed by atoms with Gasteiger partial charge in [0.25, 0.3) is 0 Å². The first kappa shape index (κ1) is 15.6. The average Bonchev–Trinajstić information content (AvgIpc) is 2.37. The van der Waals surface area contributed by atoms with Gasteiger partial charge in [0, 0.05) is 12.1 Å². The van der Waals surface area contributed by atoms with Crippen LogP contribution in [0.4, 0.5) is 8.78 Å². The van der Waals surface area contributed by atoms with Crippen molar-refractivity contribution in [1.82, 2.24) is 5.32 Å². The largest absolute Gasteiger partial charge is 0.393 e. The van der Waals surface area contributed by atoms with Crippen molar-refractivity contribution in [3.63, 3.8) is 0 Å². The van der Waals surface area contributed by atoms with Crippen molar-refractivity contribution in [2.24, 2.45) is 0 Å². The minimum Gasteiger partial charge on any atom is -0.393 e. The maximum atomic E-state index is 13.5. The van der Waals surface area contributed by atoms with Crippen LogP contribution in [0.3, 0.4) is 0 Å². The summed E-state index contributed by atoms with van der Waals surface area (Å²) in [6.07, 6.45) is 0.558. The van der Waals surface area contributed by atoms with Crippen LogP contribution in [0.5, 0.6) is 0 Å². The van der Waals surface area contributed by atoms with Crippen LogP contribution in [-0.4, -0.2) is 23.7 Å². The first-order valence-electron chi connectivity index (χ1n) is 6.37. The van der Waals surface area contributed by atoms with Crippen LogP contribution in [0, 0.1) is 11.6 Å². The van der Waals surface area contributed by atoms with Crippen LogP contribution in [0.1, 0.15) is 38.2 Å². The van der Waals surface area contributed by atoms with Gasteiger partial charge >= 0.3 is 0 Å². The second-order valence-electron chi connectivity index (χ2n) is 4.50. The fourth-order valence-electron chi connectivity index (χ4n) is 1.77. The maximum absolute atomic E-state index is 13.5. The lowest BCUT2D eigenvalue weighted by atomic mass is 9.99. The zero-order chi connectivity index (χ0) is 14.4. The summed E-state index contributed by atoms with van der Waals surface area (Å²) in [7, 11) is 0. The van der Waals surface area contributed by atoms with Crippen molar-refractivity contribution in [3.05, 3.63) is 35.4 Å². The van der Waals surface area contributed by atoms with Gasteiger partial charge in [-0.3, -0.25) is 4.79 Å². The molecule has 1 aromatic rings. The highest BCUT2D eigenvalue weighted by atomic mass is 19.1. The predicted molar refractivity (Wildman–Crippen MR) is 68.7 cm³/mol. The fourth-order valence-corrected chi connectivity index (χ4v) is 1.77. The smallest absolute Gasteiger partial charge is 0.227 e. The lowest BCUT2D eigenvalue weighted by molar-refractivity contribution is -0.122. The Labute approximate surface area is 111 Å². The van der Waals surface area contributed by atoms with Crippen molar-refractivity contribution in [2.75, 3.05) is 6.54 Å². The van der Waals surface area contributed by atoms with Crippen molar-refractivity contribution in [1.29, 1.82) is 0 Å². The van der Waals surface area contributed by atoms with E-state index in [0.29, 0.717) is 12.8 Å². The third-order valence-electron chi connectivity index (χ3n) is 3.07. The third kappa shape index (κ3) is 4.28. The molecule has 0 aliphatic heterocycles. The van der Waals surface area contributed by atoms with E-state index in [4.69, 9.17) is 0 Å². The number of rotatable bonds is 6. The molecule has 0 spiro atoms. The maximum Gasteiger partial charge on any atom is 0.227 e. The molecule has 2 atom stereocenters. The van der Waals surface area contributed by atoms with E-state index in [-0.39, 0.29) is 12.1 Å². The summed E-state index contributed by atoms with van der Waals surface area (Å²) in [5.41, 5.74) is -0.226. The highest BCUT2D eigenvalue weighted by Crippen LogP contribution is 2.22. The van der Waals surface area contributed by atoms with Gasteiger partial charge in [-0.05, 0) is 31.9 Å². The van der Waals surface area contributed by atoms with E-state index in [1.165, 1.54) is 13.0 Å². The number of aliphatic hydroxyl groups is 1. The Morgan fingerprint density at radius 1 is 1.37 bits per heavy atom. The fraction of sp³-hybridized carbons (Fsp3) is 0.500. The summed E-state index contributed by atoms with van der Waals surface area (Å²) in [5.74, 6) is -2.81. The van der Waals surface area contributed by atoms with Gasteiger partial charge in [-0.15, -0.1) is 0 Å². The SMILES string of the molecule is CCC(O)CCNC(=O)C(C)c1c(F)cccc1F. The highest BCUT2D eigenvalue weighted by molar-refractivity contribution is 5.83. The number of nitrogens with one attached hydrogen (secondary N) is 1. The molecule has 5 heteroatoms. The first-order chi connectivity index (χ1) is 8.97. The molecule has 1 rings (SSSR count). The van der Waals surface area contributed by atoms with E-state index >= 15 is 0 Å². The number of halogens is 2. The van der Waals surface area contributed by atoms with Gasteiger partial charge in [-0.1, -0.05) is 13.0 Å². The van der Waals surface area contributed by atoms with Crippen LogP contribution in [0.15, 0.2) is 18.2 Å². The summed E-state index contributed by atoms with van der Waals surface area (Å²) in [5, 5.41) is 11.9. The van der Waals surface area contributed by atoms with Gasteiger partial charge in [0.2, 0.25) is 5.91 Å². The van der Waals surface area contributed by atoms with Gasteiger partial charge in [0.05, 0.1) is 12.0 Å². The van der Waals surface area contributed by atoms with E-state index in [2.05, 4.69) is 5.32 Å². The average molecular weight is 271 g/mol. The molecule has 1 amide bonds. The van der Waals surface area contributed by atoms with Gasteiger partial charge in [0.1, 0.15) is 11.6 Å². The Bertz CT molecular complexity index is 417. The van der Waals surface area contributed by atoms with E-state index in [1.807, 2.05) is 6.92 Å². The molecule has 0 aliphatic carbocycles. The van der Waals surface area contributed by atoms with Crippen LogP contribution in [0.25, 0.3) is 0 Å². The summed E-state index contributed by atoms with van der Waals surface area (Å²) in [6, 6.07) is 3.52. The lowest BCUT2D eigenvalue weighted by Gasteiger charge is -2.15. The van der Waals surface area contributed by atoms with Crippen molar-refractivity contribution < 1.29 is 18.7 Å². The van der Waals surface area contributed by atoms with Gasteiger partial charge < -0.3 is 10.4 Å². The number of aliphatic hydroxyl groups excluding tert-OH is 1. The molecule has 19 heavy (non-hydrogen) atoms. The monoisotopic (exact) mass is 271 g/mol. The summed E-state index contributed by atoms with van der Waals surface area (Å²) in [4.78, 5) is 11.8. The van der Waals surface area contributed by atoms with Crippen LogP contribution in [0.2, 0.25) is 0 Å². The van der Waals surface area contributed by atoms with Gasteiger partial charge in [-0.25, -0.2) is 8.78 Å². The second-order valence-corrected chi connectivity index (χ2v) is 4.50. The predicted octanol–water partition coefficient (Wildman–Crippen LogP) is 2.35. The molecule has 0 heterocycles. The molecule has 0 aliphatic rings. The molecule has 0 radical (unpaired) electrons. The third-order valence-corrected chi connectivity index (χ3v) is 3.07. The first-order valence-corrected chi connectivity index (χ1v) is 6.37. The number of amides is 1. The van der Waals surface area contributed by atoms with E-state index in [1.54, 1.807) is 0 Å². The molecule has 106 valence electrons. The van der Waals surface area contributed by atoms with E-state index < -0.39 is 29.6 Å². The molecule has 0 bridgehead atoms. The number of hydrogen-bond donors (Lipinski definition) is 2. The number of carbonyl (C=O) groups is 1. The minimum absolute atomic E-state index is 0.226. The molecule has 1 aromatic carbocycles. The molecular formula is C14H19F2NO2. The molecule has 3 nitrogen and oxygen atoms in total. The molecule has 0 saturated carbocycles. The van der Waals surface area contributed by atoms with Crippen molar-refractivity contribution in [3.8, 4) is 0 Å². The Kier molecular flexibility index (Phi) is 5.89. The number of carbonyl (C=O) groups excluding carboxylic acids is 1. The molecule has 0 fully saturated rings. The van der Waals surface area contributed by atoms with Gasteiger partial charge in [0.15, 0.2) is 0 Å².